The maximum atomic E-state index is 12.0. The van der Waals surface area contributed by atoms with Crippen molar-refractivity contribution in [1.29, 1.82) is 0 Å². The van der Waals surface area contributed by atoms with Crippen LogP contribution in [-0.4, -0.2) is 36.9 Å². The largest absolute Gasteiger partial charge is 0.481 e. The number of carboxylic acids is 1. The van der Waals surface area contributed by atoms with E-state index >= 15 is 0 Å². The molecule has 1 rings (SSSR count). The van der Waals surface area contributed by atoms with Gasteiger partial charge in [-0.05, 0) is 23.0 Å². The standard InChI is InChI=1S/C18H27NO5S/c1-5-10-25(23,24)12-16(20)19-15(11-17(21)22)13-6-8-14(9-7-13)18(2,3)4/h6-9,15H,5,10-12H2,1-4H3,(H,19,20)(H,21,22). The summed E-state index contributed by atoms with van der Waals surface area (Å²) in [6.07, 6.45) is 0.122. The summed E-state index contributed by atoms with van der Waals surface area (Å²) in [4.78, 5) is 23.2. The van der Waals surface area contributed by atoms with Crippen LogP contribution >= 0.6 is 0 Å². The first-order valence-electron chi connectivity index (χ1n) is 8.26. The van der Waals surface area contributed by atoms with Gasteiger partial charge in [-0.15, -0.1) is 0 Å². The van der Waals surface area contributed by atoms with Crippen molar-refractivity contribution in [2.24, 2.45) is 0 Å². The van der Waals surface area contributed by atoms with Crippen LogP contribution in [0.3, 0.4) is 0 Å². The molecule has 6 nitrogen and oxygen atoms in total. The lowest BCUT2D eigenvalue weighted by Gasteiger charge is -2.22. The van der Waals surface area contributed by atoms with Crippen LogP contribution in [0.15, 0.2) is 24.3 Å². The molecule has 25 heavy (non-hydrogen) atoms. The first kappa shape index (κ1) is 21.2. The molecule has 0 bridgehead atoms. The summed E-state index contributed by atoms with van der Waals surface area (Å²) in [5, 5.41) is 11.6. The average molecular weight is 369 g/mol. The summed E-state index contributed by atoms with van der Waals surface area (Å²) in [6, 6.07) is 6.56. The summed E-state index contributed by atoms with van der Waals surface area (Å²) in [5.74, 6) is -2.44. The predicted molar refractivity (Wildman–Crippen MR) is 97.2 cm³/mol. The van der Waals surface area contributed by atoms with Crippen LogP contribution < -0.4 is 5.32 Å². The fourth-order valence-corrected chi connectivity index (χ4v) is 3.71. The lowest BCUT2D eigenvalue weighted by atomic mass is 9.86. The van der Waals surface area contributed by atoms with Gasteiger partial charge in [0.2, 0.25) is 5.91 Å². The van der Waals surface area contributed by atoms with Crippen LogP contribution in [0.5, 0.6) is 0 Å². The minimum absolute atomic E-state index is 0.0433. The van der Waals surface area contributed by atoms with Crippen molar-refractivity contribution in [3.8, 4) is 0 Å². The minimum Gasteiger partial charge on any atom is -0.481 e. The smallest absolute Gasteiger partial charge is 0.305 e. The van der Waals surface area contributed by atoms with Gasteiger partial charge in [0.05, 0.1) is 18.2 Å². The molecule has 1 unspecified atom stereocenters. The number of nitrogens with one attached hydrogen (secondary N) is 1. The Labute approximate surface area is 149 Å². The van der Waals surface area contributed by atoms with E-state index in [4.69, 9.17) is 5.11 Å². The molecule has 0 aromatic heterocycles. The molecule has 0 saturated heterocycles. The molecule has 1 aromatic rings. The first-order chi connectivity index (χ1) is 11.4. The summed E-state index contributed by atoms with van der Waals surface area (Å²) in [6.45, 7) is 7.92. The molecule has 2 N–H and O–H groups in total. The Bertz CT molecular complexity index is 702. The van der Waals surface area contributed by atoms with E-state index in [0.717, 1.165) is 5.56 Å². The van der Waals surface area contributed by atoms with Gasteiger partial charge < -0.3 is 10.4 Å². The molecule has 1 atom stereocenters. The molecule has 0 aliphatic carbocycles. The predicted octanol–water partition coefficient (Wildman–Crippen LogP) is 2.44. The zero-order chi connectivity index (χ0) is 19.3. The van der Waals surface area contributed by atoms with Crippen molar-refractivity contribution in [2.45, 2.75) is 52.0 Å². The SMILES string of the molecule is CCCS(=O)(=O)CC(=O)NC(CC(=O)O)c1ccc(C(C)(C)C)cc1. The van der Waals surface area contributed by atoms with Gasteiger partial charge in [-0.2, -0.15) is 0 Å². The zero-order valence-corrected chi connectivity index (χ0v) is 16.0. The fraction of sp³-hybridized carbons (Fsp3) is 0.556. The van der Waals surface area contributed by atoms with Gasteiger partial charge in [-0.25, -0.2) is 8.42 Å². The number of benzene rings is 1. The summed E-state index contributed by atoms with van der Waals surface area (Å²) in [5.41, 5.74) is 1.68. The average Bonchev–Trinajstić information content (AvgIpc) is 2.44. The Kier molecular flexibility index (Phi) is 7.17. The highest BCUT2D eigenvalue weighted by Gasteiger charge is 2.22. The van der Waals surface area contributed by atoms with Gasteiger partial charge in [0.25, 0.3) is 0 Å². The molecule has 1 amide bonds. The molecule has 1 aromatic carbocycles. The van der Waals surface area contributed by atoms with Crippen LogP contribution in [0.25, 0.3) is 0 Å². The van der Waals surface area contributed by atoms with Gasteiger partial charge >= 0.3 is 5.97 Å². The summed E-state index contributed by atoms with van der Waals surface area (Å²) in [7, 11) is -3.47. The quantitative estimate of drug-likeness (QED) is 0.733. The van der Waals surface area contributed by atoms with Gasteiger partial charge in [0.1, 0.15) is 5.75 Å². The number of hydrogen-bond acceptors (Lipinski definition) is 4. The van der Waals surface area contributed by atoms with Crippen molar-refractivity contribution in [3.05, 3.63) is 35.4 Å². The lowest BCUT2D eigenvalue weighted by Crippen LogP contribution is -2.35. The number of rotatable bonds is 8. The van der Waals surface area contributed by atoms with Crippen molar-refractivity contribution in [3.63, 3.8) is 0 Å². The third-order valence-corrected chi connectivity index (χ3v) is 5.49. The topological polar surface area (TPSA) is 101 Å². The van der Waals surface area contributed by atoms with E-state index in [9.17, 15) is 18.0 Å². The molecular weight excluding hydrogens is 342 g/mol. The van der Waals surface area contributed by atoms with E-state index in [2.05, 4.69) is 26.1 Å². The van der Waals surface area contributed by atoms with Gasteiger partial charge in [-0.3, -0.25) is 9.59 Å². The molecule has 0 aliphatic rings. The minimum atomic E-state index is -3.47. The van der Waals surface area contributed by atoms with E-state index in [0.29, 0.717) is 12.0 Å². The Balaban J connectivity index is 2.94. The highest BCUT2D eigenvalue weighted by molar-refractivity contribution is 7.92. The number of hydrogen-bond donors (Lipinski definition) is 2. The van der Waals surface area contributed by atoms with Gasteiger partial charge in [0, 0.05) is 0 Å². The Morgan fingerprint density at radius 2 is 1.72 bits per heavy atom. The van der Waals surface area contributed by atoms with Crippen molar-refractivity contribution < 1.29 is 23.1 Å². The maximum absolute atomic E-state index is 12.0. The van der Waals surface area contributed by atoms with Gasteiger partial charge in [-0.1, -0.05) is 52.0 Å². The van der Waals surface area contributed by atoms with Gasteiger partial charge in [0.15, 0.2) is 9.84 Å². The number of sulfone groups is 1. The molecule has 0 fully saturated rings. The molecule has 0 radical (unpaired) electrons. The van der Waals surface area contributed by atoms with Crippen molar-refractivity contribution in [1.82, 2.24) is 5.32 Å². The molecule has 0 saturated carbocycles. The monoisotopic (exact) mass is 369 g/mol. The lowest BCUT2D eigenvalue weighted by molar-refractivity contribution is -0.137. The van der Waals surface area contributed by atoms with E-state index in [-0.39, 0.29) is 17.6 Å². The number of carboxylic acid groups (broad SMARTS) is 1. The number of carbonyl (C=O) groups excluding carboxylic acids is 1. The fourth-order valence-electron chi connectivity index (χ4n) is 2.46. The molecule has 140 valence electrons. The normalized spacial score (nSPS) is 13.3. The molecule has 7 heteroatoms. The van der Waals surface area contributed by atoms with Crippen molar-refractivity contribution in [2.75, 3.05) is 11.5 Å². The van der Waals surface area contributed by atoms with Crippen molar-refractivity contribution >= 4 is 21.7 Å². The number of carbonyl (C=O) groups is 2. The molecule has 0 spiro atoms. The van der Waals surface area contributed by atoms with E-state index in [1.54, 1.807) is 19.1 Å². The molecular formula is C18H27NO5S. The van der Waals surface area contributed by atoms with Crippen LogP contribution in [0, 0.1) is 0 Å². The highest BCUT2D eigenvalue weighted by atomic mass is 32.2. The Hall–Kier alpha value is -1.89. The van der Waals surface area contributed by atoms with E-state index in [1.165, 1.54) is 0 Å². The summed E-state index contributed by atoms with van der Waals surface area (Å²) < 4.78 is 23.5. The second-order valence-electron chi connectivity index (χ2n) is 7.18. The van der Waals surface area contributed by atoms with E-state index in [1.807, 2.05) is 12.1 Å². The second kappa shape index (κ2) is 8.47. The second-order valence-corrected chi connectivity index (χ2v) is 9.37. The van der Waals surface area contributed by atoms with Crippen LogP contribution in [0.2, 0.25) is 0 Å². The van der Waals surface area contributed by atoms with Crippen LogP contribution in [0.1, 0.15) is 57.7 Å². The third kappa shape index (κ3) is 7.25. The molecule has 0 aliphatic heterocycles. The zero-order valence-electron chi connectivity index (χ0n) is 15.2. The number of amides is 1. The highest BCUT2D eigenvalue weighted by Crippen LogP contribution is 2.25. The first-order valence-corrected chi connectivity index (χ1v) is 10.1. The van der Waals surface area contributed by atoms with Crippen LogP contribution in [-0.2, 0) is 24.8 Å². The molecule has 0 heterocycles. The maximum Gasteiger partial charge on any atom is 0.305 e. The Morgan fingerprint density at radius 1 is 1.16 bits per heavy atom. The van der Waals surface area contributed by atoms with Crippen LogP contribution in [0.4, 0.5) is 0 Å². The third-order valence-electron chi connectivity index (χ3n) is 3.76. The summed E-state index contributed by atoms with van der Waals surface area (Å²) >= 11 is 0. The van der Waals surface area contributed by atoms with E-state index < -0.39 is 33.5 Å². The number of aliphatic carboxylic acids is 1. The Morgan fingerprint density at radius 3 is 2.16 bits per heavy atom.